The van der Waals surface area contributed by atoms with E-state index in [0.29, 0.717) is 52.3 Å². The molecule has 0 fully saturated rings. The Labute approximate surface area is 201 Å². The third-order valence-corrected chi connectivity index (χ3v) is 5.62. The lowest BCUT2D eigenvalue weighted by Gasteiger charge is -2.13. The number of nitrogens with one attached hydrogen (secondary N) is 1. The molecule has 0 atom stereocenters. The van der Waals surface area contributed by atoms with Gasteiger partial charge in [0.25, 0.3) is 5.91 Å². The Morgan fingerprint density at radius 1 is 0.943 bits per heavy atom. The number of aryl methyl sites for hydroxylation is 1. The van der Waals surface area contributed by atoms with Crippen LogP contribution in [-0.2, 0) is 11.2 Å². The molecule has 0 bridgehead atoms. The molecule has 0 unspecified atom stereocenters. The highest BCUT2D eigenvalue weighted by molar-refractivity contribution is 6.06. The smallest absolute Gasteiger partial charge is 0.379 e. The van der Waals surface area contributed by atoms with Crippen molar-refractivity contribution in [2.24, 2.45) is 5.10 Å². The molecule has 1 aliphatic rings. The predicted molar refractivity (Wildman–Crippen MR) is 126 cm³/mol. The Morgan fingerprint density at radius 2 is 1.71 bits per heavy atom. The maximum Gasteiger partial charge on any atom is 0.379 e. The maximum atomic E-state index is 12.8. The van der Waals surface area contributed by atoms with E-state index in [0.717, 1.165) is 6.42 Å². The predicted octanol–water partition coefficient (Wildman–Crippen LogP) is 4.07. The van der Waals surface area contributed by atoms with Gasteiger partial charge in [0.05, 0.1) is 25.5 Å². The Kier molecular flexibility index (Phi) is 6.96. The highest BCUT2D eigenvalue weighted by atomic mass is 16.5. The molecule has 1 aromatic heterocycles. The fraction of sp³-hybridized carbons (Fsp3) is 0.231. The van der Waals surface area contributed by atoms with Gasteiger partial charge in [0.15, 0.2) is 0 Å². The lowest BCUT2D eigenvalue weighted by Crippen LogP contribution is -2.22. The van der Waals surface area contributed by atoms with Crippen LogP contribution >= 0.6 is 0 Å². The first kappa shape index (κ1) is 23.7. The molecular formula is C26H24N2O7. The summed E-state index contributed by atoms with van der Waals surface area (Å²) in [5.41, 5.74) is 5.26. The van der Waals surface area contributed by atoms with Crippen LogP contribution in [0.25, 0.3) is 0 Å². The van der Waals surface area contributed by atoms with Gasteiger partial charge in [0.1, 0.15) is 17.3 Å². The number of methoxy groups -OCH3 is 2. The Bertz CT molecular complexity index is 1310. The first-order valence-corrected chi connectivity index (χ1v) is 11.0. The van der Waals surface area contributed by atoms with Crippen molar-refractivity contribution in [3.63, 3.8) is 0 Å². The average Bonchev–Trinajstić information content (AvgIpc) is 3.24. The highest BCUT2D eigenvalue weighted by Gasteiger charge is 2.29. The zero-order valence-electron chi connectivity index (χ0n) is 19.5. The zero-order chi connectivity index (χ0) is 24.9. The van der Waals surface area contributed by atoms with Gasteiger partial charge in [-0.1, -0.05) is 6.07 Å². The molecular weight excluding hydrogens is 452 g/mol. The normalized spacial score (nSPS) is 13.6. The van der Waals surface area contributed by atoms with Gasteiger partial charge in [-0.05, 0) is 62.2 Å². The second-order valence-electron chi connectivity index (χ2n) is 7.84. The summed E-state index contributed by atoms with van der Waals surface area (Å²) in [5, 5.41) is 4.33. The first-order chi connectivity index (χ1) is 16.9. The van der Waals surface area contributed by atoms with Crippen LogP contribution in [0.4, 0.5) is 0 Å². The van der Waals surface area contributed by atoms with E-state index in [1.54, 1.807) is 31.2 Å². The van der Waals surface area contributed by atoms with E-state index >= 15 is 0 Å². The van der Waals surface area contributed by atoms with Crippen molar-refractivity contribution >= 4 is 23.6 Å². The summed E-state index contributed by atoms with van der Waals surface area (Å²) in [6, 6.07) is 12.8. The summed E-state index contributed by atoms with van der Waals surface area (Å²) in [6.07, 6.45) is 2.02. The zero-order valence-corrected chi connectivity index (χ0v) is 19.5. The summed E-state index contributed by atoms with van der Waals surface area (Å²) in [6.45, 7) is 1.75. The Balaban J connectivity index is 1.52. The van der Waals surface area contributed by atoms with Crippen molar-refractivity contribution in [2.45, 2.75) is 26.2 Å². The summed E-state index contributed by atoms with van der Waals surface area (Å²) in [7, 11) is 2.82. The van der Waals surface area contributed by atoms with Gasteiger partial charge in [-0.3, -0.25) is 4.79 Å². The summed E-state index contributed by atoms with van der Waals surface area (Å²) in [4.78, 5) is 36.9. The number of hydrogen-bond acceptors (Lipinski definition) is 8. The van der Waals surface area contributed by atoms with E-state index in [1.807, 2.05) is 0 Å². The SMILES string of the molecule is COC(=O)c1ccc(OC(=O)c2oc3c(c2C)/C(=N/NC(=O)c2cccc(OC)c2)CCC3)cc1. The molecule has 4 rings (SSSR count). The maximum absolute atomic E-state index is 12.8. The van der Waals surface area contributed by atoms with E-state index in [2.05, 4.69) is 15.3 Å². The molecule has 1 amide bonds. The third-order valence-electron chi connectivity index (χ3n) is 5.62. The molecule has 0 saturated heterocycles. The highest BCUT2D eigenvalue weighted by Crippen LogP contribution is 2.30. The fourth-order valence-corrected chi connectivity index (χ4v) is 3.85. The van der Waals surface area contributed by atoms with E-state index in [-0.39, 0.29) is 17.4 Å². The number of amides is 1. The number of furan rings is 1. The molecule has 3 aromatic rings. The Morgan fingerprint density at radius 3 is 2.43 bits per heavy atom. The van der Waals surface area contributed by atoms with Gasteiger partial charge in [-0.25, -0.2) is 15.0 Å². The number of carbonyl (C=O) groups is 3. The van der Waals surface area contributed by atoms with E-state index in [4.69, 9.17) is 13.9 Å². The standard InChI is InChI=1S/C26H24N2O7/c1-15-22-20(27-28-24(29)17-6-4-7-19(14-17)32-2)8-5-9-21(22)35-23(15)26(31)34-18-12-10-16(11-13-18)25(30)33-3/h4,6-7,10-14H,5,8-9H2,1-3H3,(H,28,29)/b27-20+. The number of nitrogens with zero attached hydrogens (tertiary/aromatic N) is 1. The van der Waals surface area contributed by atoms with Crippen LogP contribution in [0.5, 0.6) is 11.5 Å². The van der Waals surface area contributed by atoms with Crippen LogP contribution in [0.15, 0.2) is 58.0 Å². The van der Waals surface area contributed by atoms with Crippen LogP contribution in [0.1, 0.15) is 61.0 Å². The van der Waals surface area contributed by atoms with Crippen molar-refractivity contribution in [3.8, 4) is 11.5 Å². The van der Waals surface area contributed by atoms with Gasteiger partial charge in [-0.2, -0.15) is 5.10 Å². The van der Waals surface area contributed by atoms with Crippen LogP contribution in [-0.4, -0.2) is 37.8 Å². The molecule has 0 spiro atoms. The average molecular weight is 476 g/mol. The second kappa shape index (κ2) is 10.3. The minimum atomic E-state index is -0.664. The van der Waals surface area contributed by atoms with Gasteiger partial charge in [-0.15, -0.1) is 0 Å². The molecule has 1 aliphatic carbocycles. The van der Waals surface area contributed by atoms with Gasteiger partial charge in [0.2, 0.25) is 5.76 Å². The summed E-state index contributed by atoms with van der Waals surface area (Å²) < 4.78 is 21.1. The van der Waals surface area contributed by atoms with E-state index < -0.39 is 11.9 Å². The number of fused-ring (bicyclic) bond motifs is 1. The van der Waals surface area contributed by atoms with Crippen LogP contribution in [0, 0.1) is 6.92 Å². The fourth-order valence-electron chi connectivity index (χ4n) is 3.85. The summed E-state index contributed by atoms with van der Waals surface area (Å²) in [5.74, 6) is -0.00305. The molecule has 1 heterocycles. The number of rotatable bonds is 6. The minimum absolute atomic E-state index is 0.0702. The van der Waals surface area contributed by atoms with Crippen LogP contribution in [0.3, 0.4) is 0 Å². The quantitative estimate of drug-likeness (QED) is 0.324. The molecule has 2 aromatic carbocycles. The lowest BCUT2D eigenvalue weighted by molar-refractivity contribution is 0.0600. The molecule has 0 radical (unpaired) electrons. The molecule has 0 saturated carbocycles. The van der Waals surface area contributed by atoms with Crippen molar-refractivity contribution in [1.29, 1.82) is 0 Å². The minimum Gasteiger partial charge on any atom is -0.497 e. The monoisotopic (exact) mass is 476 g/mol. The number of benzene rings is 2. The van der Waals surface area contributed by atoms with Crippen molar-refractivity contribution in [3.05, 3.63) is 82.3 Å². The van der Waals surface area contributed by atoms with Crippen molar-refractivity contribution < 1.29 is 33.0 Å². The molecule has 1 N–H and O–H groups in total. The van der Waals surface area contributed by atoms with Gasteiger partial charge in [0, 0.05) is 23.1 Å². The van der Waals surface area contributed by atoms with Crippen molar-refractivity contribution in [1.82, 2.24) is 5.43 Å². The summed E-state index contributed by atoms with van der Waals surface area (Å²) >= 11 is 0. The molecule has 9 nitrogen and oxygen atoms in total. The number of hydrazone groups is 1. The number of esters is 2. The third kappa shape index (κ3) is 5.08. The van der Waals surface area contributed by atoms with Crippen LogP contribution < -0.4 is 14.9 Å². The number of hydrogen-bond donors (Lipinski definition) is 1. The van der Waals surface area contributed by atoms with Crippen LogP contribution in [0.2, 0.25) is 0 Å². The van der Waals surface area contributed by atoms with Gasteiger partial charge >= 0.3 is 11.9 Å². The largest absolute Gasteiger partial charge is 0.497 e. The Hall–Kier alpha value is -4.40. The van der Waals surface area contributed by atoms with E-state index in [9.17, 15) is 14.4 Å². The number of ether oxygens (including phenoxy) is 3. The lowest BCUT2D eigenvalue weighted by atomic mass is 9.93. The molecule has 0 aliphatic heterocycles. The topological polar surface area (TPSA) is 116 Å². The van der Waals surface area contributed by atoms with E-state index in [1.165, 1.54) is 38.5 Å². The molecule has 9 heteroatoms. The number of carbonyl (C=O) groups excluding carboxylic acids is 3. The molecule has 180 valence electrons. The first-order valence-electron chi connectivity index (χ1n) is 11.0. The molecule has 35 heavy (non-hydrogen) atoms. The van der Waals surface area contributed by atoms with Crippen molar-refractivity contribution in [2.75, 3.05) is 14.2 Å². The second-order valence-corrected chi connectivity index (χ2v) is 7.84. The van der Waals surface area contributed by atoms with Gasteiger partial charge < -0.3 is 18.6 Å².